The number of aromatic nitrogens is 2. The van der Waals surface area contributed by atoms with Crippen LogP contribution in [0, 0.1) is 21.8 Å². The Morgan fingerprint density at radius 3 is 2.79 bits per heavy atom. The molecule has 0 amide bonds. The predicted octanol–water partition coefficient (Wildman–Crippen LogP) is 2.70. The van der Waals surface area contributed by atoms with Crippen LogP contribution in [0.15, 0.2) is 30.5 Å². The van der Waals surface area contributed by atoms with Crippen molar-refractivity contribution in [3.8, 4) is 0 Å². The Morgan fingerprint density at radius 1 is 1.42 bits per heavy atom. The van der Waals surface area contributed by atoms with Crippen LogP contribution in [-0.4, -0.2) is 32.6 Å². The molecular formula is C15H18FN5O3. The first-order valence-corrected chi connectivity index (χ1v) is 7.32. The Balaban J connectivity index is 2.21. The number of nitrogens with zero attached hydrogens (tertiary/aromatic N) is 3. The van der Waals surface area contributed by atoms with Crippen LogP contribution in [-0.2, 0) is 0 Å². The predicted molar refractivity (Wildman–Crippen MR) is 87.7 cm³/mol. The van der Waals surface area contributed by atoms with Gasteiger partial charge in [-0.25, -0.2) is 9.37 Å². The maximum Gasteiger partial charge on any atom is 0.271 e. The molecule has 24 heavy (non-hydrogen) atoms. The van der Waals surface area contributed by atoms with Crippen molar-refractivity contribution in [3.05, 3.63) is 46.4 Å². The van der Waals surface area contributed by atoms with Crippen LogP contribution in [0.2, 0.25) is 0 Å². The van der Waals surface area contributed by atoms with E-state index >= 15 is 0 Å². The number of nitro groups is 1. The summed E-state index contributed by atoms with van der Waals surface area (Å²) in [6.07, 6.45) is 0.990. The van der Waals surface area contributed by atoms with Crippen molar-refractivity contribution in [2.45, 2.75) is 19.9 Å². The Labute approximate surface area is 137 Å². The SMILES string of the molecule is CC(C)[C@@H](CO)Nc1nc(Nc2cccc([N+](=O)[O-])c2)ncc1F. The number of rotatable bonds is 7. The molecule has 0 aliphatic carbocycles. The van der Waals surface area contributed by atoms with Crippen LogP contribution in [0.1, 0.15) is 13.8 Å². The van der Waals surface area contributed by atoms with Crippen LogP contribution < -0.4 is 10.6 Å². The van der Waals surface area contributed by atoms with E-state index in [0.717, 1.165) is 6.20 Å². The van der Waals surface area contributed by atoms with Gasteiger partial charge in [0, 0.05) is 17.8 Å². The quantitative estimate of drug-likeness (QED) is 0.526. The molecule has 2 rings (SSSR count). The number of nitro benzene ring substituents is 1. The van der Waals surface area contributed by atoms with Crippen LogP contribution in [0.25, 0.3) is 0 Å². The lowest BCUT2D eigenvalue weighted by Crippen LogP contribution is -2.30. The van der Waals surface area contributed by atoms with Gasteiger partial charge in [0.1, 0.15) is 0 Å². The van der Waals surface area contributed by atoms with Crippen molar-refractivity contribution >= 4 is 23.1 Å². The maximum atomic E-state index is 13.9. The average Bonchev–Trinajstić information content (AvgIpc) is 2.55. The van der Waals surface area contributed by atoms with Crippen molar-refractivity contribution in [2.24, 2.45) is 5.92 Å². The third-order valence-electron chi connectivity index (χ3n) is 3.38. The Morgan fingerprint density at radius 2 is 2.17 bits per heavy atom. The lowest BCUT2D eigenvalue weighted by molar-refractivity contribution is -0.384. The molecule has 2 aromatic rings. The fourth-order valence-electron chi connectivity index (χ4n) is 1.95. The highest BCUT2D eigenvalue weighted by molar-refractivity contribution is 5.58. The van der Waals surface area contributed by atoms with Gasteiger partial charge in [-0.3, -0.25) is 10.1 Å². The molecule has 8 nitrogen and oxygen atoms in total. The van der Waals surface area contributed by atoms with Crippen LogP contribution >= 0.6 is 0 Å². The Hall–Kier alpha value is -2.81. The lowest BCUT2D eigenvalue weighted by Gasteiger charge is -2.20. The first kappa shape index (κ1) is 17.5. The van der Waals surface area contributed by atoms with E-state index in [1.165, 1.54) is 18.2 Å². The first-order chi connectivity index (χ1) is 11.4. The zero-order valence-electron chi connectivity index (χ0n) is 13.2. The van der Waals surface area contributed by atoms with Gasteiger partial charge in [-0.05, 0) is 12.0 Å². The molecule has 1 atom stereocenters. The summed E-state index contributed by atoms with van der Waals surface area (Å²) in [6.45, 7) is 3.60. The number of hydrogen-bond donors (Lipinski definition) is 3. The third-order valence-corrected chi connectivity index (χ3v) is 3.38. The smallest absolute Gasteiger partial charge is 0.271 e. The topological polar surface area (TPSA) is 113 Å². The summed E-state index contributed by atoms with van der Waals surface area (Å²) in [4.78, 5) is 18.1. The van der Waals surface area contributed by atoms with E-state index in [4.69, 9.17) is 0 Å². The van der Waals surface area contributed by atoms with Crippen molar-refractivity contribution in [2.75, 3.05) is 17.2 Å². The van der Waals surface area contributed by atoms with Gasteiger partial charge < -0.3 is 15.7 Å². The first-order valence-electron chi connectivity index (χ1n) is 7.32. The van der Waals surface area contributed by atoms with Gasteiger partial charge in [-0.1, -0.05) is 19.9 Å². The number of hydrogen-bond acceptors (Lipinski definition) is 7. The zero-order chi connectivity index (χ0) is 17.7. The highest BCUT2D eigenvalue weighted by Gasteiger charge is 2.16. The third kappa shape index (κ3) is 4.35. The molecule has 1 aromatic carbocycles. The lowest BCUT2D eigenvalue weighted by atomic mass is 10.1. The highest BCUT2D eigenvalue weighted by atomic mass is 19.1. The summed E-state index contributed by atoms with van der Waals surface area (Å²) < 4.78 is 13.9. The van der Waals surface area contributed by atoms with E-state index < -0.39 is 10.7 Å². The maximum absolute atomic E-state index is 13.9. The molecular weight excluding hydrogens is 317 g/mol. The van der Waals surface area contributed by atoms with E-state index in [-0.39, 0.29) is 36.0 Å². The number of nitrogens with one attached hydrogen (secondary N) is 2. The van der Waals surface area contributed by atoms with E-state index in [2.05, 4.69) is 20.6 Å². The van der Waals surface area contributed by atoms with Crippen LogP contribution in [0.4, 0.5) is 27.5 Å². The van der Waals surface area contributed by atoms with Crippen LogP contribution in [0.5, 0.6) is 0 Å². The molecule has 3 N–H and O–H groups in total. The number of benzene rings is 1. The number of aliphatic hydroxyl groups is 1. The van der Waals surface area contributed by atoms with E-state index in [0.29, 0.717) is 5.69 Å². The largest absolute Gasteiger partial charge is 0.394 e. The molecule has 1 heterocycles. The summed E-state index contributed by atoms with van der Waals surface area (Å²) in [5.41, 5.74) is 0.324. The summed E-state index contributed by atoms with van der Waals surface area (Å²) in [5, 5.41) is 25.7. The minimum atomic E-state index is -0.654. The molecule has 0 aliphatic rings. The van der Waals surface area contributed by atoms with Crippen molar-refractivity contribution in [3.63, 3.8) is 0 Å². The fraction of sp³-hybridized carbons (Fsp3) is 0.333. The number of anilines is 3. The molecule has 0 bridgehead atoms. The second-order valence-corrected chi connectivity index (χ2v) is 5.50. The van der Waals surface area contributed by atoms with Gasteiger partial charge in [-0.15, -0.1) is 0 Å². The molecule has 0 radical (unpaired) electrons. The van der Waals surface area contributed by atoms with Crippen molar-refractivity contribution in [1.82, 2.24) is 9.97 Å². The van der Waals surface area contributed by atoms with Gasteiger partial charge in [-0.2, -0.15) is 4.98 Å². The fourth-order valence-corrected chi connectivity index (χ4v) is 1.95. The summed E-state index contributed by atoms with van der Waals surface area (Å²) in [6, 6.07) is 5.45. The minimum absolute atomic E-state index is 0.0503. The molecule has 128 valence electrons. The Bertz CT molecular complexity index is 726. The molecule has 0 unspecified atom stereocenters. The summed E-state index contributed by atoms with van der Waals surface area (Å²) >= 11 is 0. The minimum Gasteiger partial charge on any atom is -0.394 e. The average molecular weight is 335 g/mol. The molecule has 0 aliphatic heterocycles. The van der Waals surface area contributed by atoms with E-state index in [9.17, 15) is 19.6 Å². The van der Waals surface area contributed by atoms with Crippen molar-refractivity contribution in [1.29, 1.82) is 0 Å². The van der Waals surface area contributed by atoms with Crippen LogP contribution in [0.3, 0.4) is 0 Å². The summed E-state index contributed by atoms with van der Waals surface area (Å²) in [7, 11) is 0. The zero-order valence-corrected chi connectivity index (χ0v) is 13.2. The number of non-ortho nitro benzene ring substituents is 1. The molecule has 0 saturated carbocycles. The highest BCUT2D eigenvalue weighted by Crippen LogP contribution is 2.21. The molecule has 0 fully saturated rings. The van der Waals surface area contributed by atoms with Gasteiger partial charge in [0.05, 0.1) is 23.8 Å². The monoisotopic (exact) mass is 335 g/mol. The normalized spacial score (nSPS) is 12.0. The molecule has 1 aromatic heterocycles. The van der Waals surface area contributed by atoms with Gasteiger partial charge in [0.25, 0.3) is 5.69 Å². The second-order valence-electron chi connectivity index (χ2n) is 5.50. The van der Waals surface area contributed by atoms with Gasteiger partial charge in [0.15, 0.2) is 11.6 Å². The molecule has 0 saturated heterocycles. The molecule has 0 spiro atoms. The second kappa shape index (κ2) is 7.64. The number of aliphatic hydroxyl groups excluding tert-OH is 1. The standard InChI is InChI=1S/C15H18FN5O3/c1-9(2)13(8-22)19-14-12(16)7-17-15(20-14)18-10-4-3-5-11(6-10)21(23)24/h3-7,9,13,22H,8H2,1-2H3,(H2,17,18,19,20)/t13-/m1/s1. The molecule has 9 heteroatoms. The summed E-state index contributed by atoms with van der Waals surface area (Å²) in [5.74, 6) is -0.554. The van der Waals surface area contributed by atoms with Crippen molar-refractivity contribution < 1.29 is 14.4 Å². The van der Waals surface area contributed by atoms with Gasteiger partial charge in [0.2, 0.25) is 5.95 Å². The number of halogens is 1. The Kier molecular flexibility index (Phi) is 5.59. The van der Waals surface area contributed by atoms with Gasteiger partial charge >= 0.3 is 0 Å². The van der Waals surface area contributed by atoms with E-state index in [1.807, 2.05) is 13.8 Å². The van der Waals surface area contributed by atoms with E-state index in [1.54, 1.807) is 6.07 Å².